The molecule has 0 bridgehead atoms. The number of hydrogen-bond donors (Lipinski definition) is 1. The number of aliphatic hydroxyl groups excluding tert-OH is 1. The molecule has 106 valence electrons. The maximum absolute atomic E-state index is 13.2. The molecule has 20 heavy (non-hydrogen) atoms. The minimum absolute atomic E-state index is 0.330. The lowest BCUT2D eigenvalue weighted by Gasteiger charge is -2.16. The van der Waals surface area contributed by atoms with Crippen molar-refractivity contribution in [2.24, 2.45) is 0 Å². The highest BCUT2D eigenvalue weighted by Gasteiger charge is 2.12. The molecule has 2 aromatic rings. The Morgan fingerprint density at radius 1 is 1.15 bits per heavy atom. The number of nitrogens with zero attached hydrogens (tertiary/aromatic N) is 1. The van der Waals surface area contributed by atoms with Gasteiger partial charge in [0.2, 0.25) is 0 Å². The zero-order valence-corrected chi connectivity index (χ0v) is 12.4. The zero-order chi connectivity index (χ0) is 14.5. The first-order valence-corrected chi connectivity index (χ1v) is 7.27. The van der Waals surface area contributed by atoms with Crippen LogP contribution in [-0.2, 0) is 6.54 Å². The predicted molar refractivity (Wildman–Crippen MR) is 81.0 cm³/mol. The quantitative estimate of drug-likeness (QED) is 0.671. The molecule has 0 aliphatic rings. The van der Waals surface area contributed by atoms with Crippen molar-refractivity contribution in [3.8, 4) is 0 Å². The summed E-state index contributed by atoms with van der Waals surface area (Å²) in [4.78, 5) is 3.09. The molecule has 0 radical (unpaired) electrons. The fraction of sp³-hybridized carbons (Fsp3) is 0.250. The van der Waals surface area contributed by atoms with E-state index in [-0.39, 0.29) is 5.82 Å². The molecule has 0 amide bonds. The summed E-state index contributed by atoms with van der Waals surface area (Å²) in [5, 5.41) is 10.2. The number of rotatable bonds is 5. The summed E-state index contributed by atoms with van der Waals surface area (Å²) in [5.74, 6) is -0.330. The van der Waals surface area contributed by atoms with Crippen LogP contribution in [0.5, 0.6) is 0 Å². The molecule has 2 aromatic carbocycles. The van der Waals surface area contributed by atoms with Gasteiger partial charge < -0.3 is 10.0 Å². The minimum Gasteiger partial charge on any atom is -0.378 e. The highest BCUT2D eigenvalue weighted by Crippen LogP contribution is 2.35. The van der Waals surface area contributed by atoms with Crippen molar-refractivity contribution in [3.05, 3.63) is 65.5 Å². The number of halogens is 1. The Kier molecular flexibility index (Phi) is 5.17. The van der Waals surface area contributed by atoms with Crippen LogP contribution in [0, 0.1) is 5.82 Å². The lowest BCUT2D eigenvalue weighted by molar-refractivity contribution is 0.269. The zero-order valence-electron chi connectivity index (χ0n) is 11.6. The summed E-state index contributed by atoms with van der Waals surface area (Å²) in [7, 11) is 4.01. The maximum Gasteiger partial charge on any atom is 0.129 e. The van der Waals surface area contributed by atoms with Gasteiger partial charge >= 0.3 is 0 Å². The van der Waals surface area contributed by atoms with Crippen molar-refractivity contribution in [2.75, 3.05) is 14.1 Å². The van der Waals surface area contributed by atoms with Crippen LogP contribution in [0.2, 0.25) is 0 Å². The van der Waals surface area contributed by atoms with Crippen molar-refractivity contribution in [2.45, 2.75) is 16.9 Å². The van der Waals surface area contributed by atoms with Crippen molar-refractivity contribution in [1.29, 1.82) is 0 Å². The van der Waals surface area contributed by atoms with Gasteiger partial charge in [0.25, 0.3) is 0 Å². The molecule has 0 spiro atoms. The third kappa shape index (κ3) is 4.07. The maximum atomic E-state index is 13.2. The summed E-state index contributed by atoms with van der Waals surface area (Å²) >= 11 is 1.34. The Labute approximate surface area is 123 Å². The molecular formula is C16H18FNOS. The Morgan fingerprint density at radius 3 is 2.60 bits per heavy atom. The number of aliphatic hydroxyl groups is 1. The SMILES string of the molecule is CN(C)Cc1ccccc1SC(O)c1cccc(F)c1. The second kappa shape index (κ2) is 6.88. The highest BCUT2D eigenvalue weighted by molar-refractivity contribution is 7.99. The molecule has 2 nitrogen and oxygen atoms in total. The summed E-state index contributed by atoms with van der Waals surface area (Å²) < 4.78 is 13.2. The first-order valence-electron chi connectivity index (χ1n) is 6.39. The van der Waals surface area contributed by atoms with Gasteiger partial charge in [-0.05, 0) is 43.4 Å². The molecule has 0 aliphatic heterocycles. The smallest absolute Gasteiger partial charge is 0.129 e. The van der Waals surface area contributed by atoms with Gasteiger partial charge in [0.1, 0.15) is 11.3 Å². The molecule has 0 aromatic heterocycles. The van der Waals surface area contributed by atoms with E-state index in [0.717, 1.165) is 17.0 Å². The Hall–Kier alpha value is -1.36. The van der Waals surface area contributed by atoms with Crippen LogP contribution in [0.15, 0.2) is 53.4 Å². The summed E-state index contributed by atoms with van der Waals surface area (Å²) in [6, 6.07) is 14.0. The average molecular weight is 291 g/mol. The Morgan fingerprint density at radius 2 is 1.90 bits per heavy atom. The van der Waals surface area contributed by atoms with Gasteiger partial charge in [-0.2, -0.15) is 0 Å². The number of thioether (sulfide) groups is 1. The second-order valence-electron chi connectivity index (χ2n) is 4.87. The third-order valence-electron chi connectivity index (χ3n) is 2.83. The fourth-order valence-electron chi connectivity index (χ4n) is 1.94. The van der Waals surface area contributed by atoms with Gasteiger partial charge in [-0.3, -0.25) is 0 Å². The first-order chi connectivity index (χ1) is 9.56. The Balaban J connectivity index is 2.17. The van der Waals surface area contributed by atoms with E-state index < -0.39 is 5.44 Å². The van der Waals surface area contributed by atoms with E-state index in [0.29, 0.717) is 5.56 Å². The fourth-order valence-corrected chi connectivity index (χ4v) is 2.90. The minimum atomic E-state index is -0.769. The molecule has 0 aliphatic carbocycles. The van der Waals surface area contributed by atoms with E-state index in [4.69, 9.17) is 0 Å². The van der Waals surface area contributed by atoms with Gasteiger partial charge in [0, 0.05) is 11.4 Å². The lowest BCUT2D eigenvalue weighted by Crippen LogP contribution is -2.11. The van der Waals surface area contributed by atoms with Gasteiger partial charge in [-0.1, -0.05) is 42.1 Å². The van der Waals surface area contributed by atoms with Crippen LogP contribution < -0.4 is 0 Å². The third-order valence-corrected chi connectivity index (χ3v) is 3.98. The largest absolute Gasteiger partial charge is 0.378 e. The van der Waals surface area contributed by atoms with E-state index in [1.54, 1.807) is 12.1 Å². The second-order valence-corrected chi connectivity index (χ2v) is 5.99. The monoisotopic (exact) mass is 291 g/mol. The van der Waals surface area contributed by atoms with Gasteiger partial charge in [0.05, 0.1) is 0 Å². The van der Waals surface area contributed by atoms with Crippen LogP contribution in [0.1, 0.15) is 16.6 Å². The van der Waals surface area contributed by atoms with E-state index in [1.807, 2.05) is 38.4 Å². The van der Waals surface area contributed by atoms with Crippen molar-refractivity contribution < 1.29 is 9.50 Å². The molecule has 0 saturated carbocycles. The molecule has 1 N–H and O–H groups in total. The van der Waals surface area contributed by atoms with E-state index in [9.17, 15) is 9.50 Å². The highest BCUT2D eigenvalue weighted by atomic mass is 32.2. The first kappa shape index (κ1) is 15.0. The predicted octanol–water partition coefficient (Wildman–Crippen LogP) is 3.67. The van der Waals surface area contributed by atoms with Gasteiger partial charge in [-0.25, -0.2) is 4.39 Å². The van der Waals surface area contributed by atoms with Crippen LogP contribution in [-0.4, -0.2) is 24.1 Å². The van der Waals surface area contributed by atoms with Gasteiger partial charge in [0.15, 0.2) is 0 Å². The standard InChI is InChI=1S/C16H18FNOS/c1-18(2)11-13-6-3-4-9-15(13)20-16(19)12-7-5-8-14(17)10-12/h3-10,16,19H,11H2,1-2H3. The number of hydrogen-bond acceptors (Lipinski definition) is 3. The van der Waals surface area contributed by atoms with Gasteiger partial charge in [-0.15, -0.1) is 0 Å². The lowest BCUT2D eigenvalue weighted by atomic mass is 10.2. The van der Waals surface area contributed by atoms with Crippen molar-refractivity contribution in [1.82, 2.24) is 4.90 Å². The van der Waals surface area contributed by atoms with E-state index in [1.165, 1.54) is 23.9 Å². The normalized spacial score (nSPS) is 12.7. The van der Waals surface area contributed by atoms with E-state index in [2.05, 4.69) is 4.90 Å². The molecule has 0 saturated heterocycles. The molecule has 0 heterocycles. The Bertz CT molecular complexity index is 574. The molecule has 1 atom stereocenters. The number of benzene rings is 2. The summed E-state index contributed by atoms with van der Waals surface area (Å²) in [6.07, 6.45) is 0. The topological polar surface area (TPSA) is 23.5 Å². The van der Waals surface area contributed by atoms with Crippen LogP contribution in [0.25, 0.3) is 0 Å². The van der Waals surface area contributed by atoms with Crippen LogP contribution >= 0.6 is 11.8 Å². The average Bonchev–Trinajstić information content (AvgIpc) is 2.40. The molecule has 4 heteroatoms. The summed E-state index contributed by atoms with van der Waals surface area (Å²) in [6.45, 7) is 0.805. The molecule has 1 unspecified atom stereocenters. The van der Waals surface area contributed by atoms with Crippen molar-refractivity contribution in [3.63, 3.8) is 0 Å². The van der Waals surface area contributed by atoms with E-state index >= 15 is 0 Å². The molecular weight excluding hydrogens is 273 g/mol. The van der Waals surface area contributed by atoms with Crippen LogP contribution in [0.4, 0.5) is 4.39 Å². The molecule has 2 rings (SSSR count). The van der Waals surface area contributed by atoms with Crippen molar-refractivity contribution >= 4 is 11.8 Å². The summed E-state index contributed by atoms with van der Waals surface area (Å²) in [5.41, 5.74) is 0.960. The van der Waals surface area contributed by atoms with Crippen LogP contribution in [0.3, 0.4) is 0 Å². The molecule has 0 fully saturated rings.